The molecule has 3 N–H and O–H groups in total. The van der Waals surface area contributed by atoms with Gasteiger partial charge < -0.3 is 19.6 Å². The van der Waals surface area contributed by atoms with Crippen LogP contribution in [0, 0.1) is 0 Å². The first kappa shape index (κ1) is 16.5. The van der Waals surface area contributed by atoms with Crippen LogP contribution in [0.5, 0.6) is 11.5 Å². The summed E-state index contributed by atoms with van der Waals surface area (Å²) in [5.74, 6) is 0.166. The molecule has 2 atom stereocenters. The summed E-state index contributed by atoms with van der Waals surface area (Å²) in [5.41, 5.74) is 3.95. The number of phenolic OH excluding ortho intramolecular Hbond substituents is 1. The van der Waals surface area contributed by atoms with Gasteiger partial charge in [-0.1, -0.05) is 24.3 Å². The highest BCUT2D eigenvalue weighted by Crippen LogP contribution is 2.37. The number of carbonyl (C=O) groups is 1. The first-order valence-corrected chi connectivity index (χ1v) is 8.42. The number of aromatic amines is 1. The number of benzene rings is 2. The molecule has 6 nitrogen and oxygen atoms in total. The molecular formula is C20H20N2O4. The van der Waals surface area contributed by atoms with Crippen LogP contribution in [0.3, 0.4) is 0 Å². The number of nitrogens with one attached hydrogen (secondary N) is 2. The van der Waals surface area contributed by atoms with Crippen molar-refractivity contribution < 1.29 is 19.4 Å². The molecule has 0 unspecified atom stereocenters. The van der Waals surface area contributed by atoms with Crippen molar-refractivity contribution in [1.29, 1.82) is 0 Å². The fraction of sp³-hybridized carbons (Fsp3) is 0.250. The van der Waals surface area contributed by atoms with Crippen molar-refractivity contribution in [3.8, 4) is 11.5 Å². The molecule has 1 aromatic heterocycles. The summed E-state index contributed by atoms with van der Waals surface area (Å²) in [6, 6.07) is 12.6. The number of fused-ring (bicyclic) bond motifs is 3. The quantitative estimate of drug-likeness (QED) is 0.631. The van der Waals surface area contributed by atoms with Gasteiger partial charge in [-0.3, -0.25) is 10.1 Å². The minimum atomic E-state index is -0.457. The van der Waals surface area contributed by atoms with Crippen molar-refractivity contribution in [1.82, 2.24) is 10.3 Å². The second kappa shape index (κ2) is 6.38. The van der Waals surface area contributed by atoms with Crippen LogP contribution >= 0.6 is 0 Å². The molecule has 1 aliphatic rings. The summed E-state index contributed by atoms with van der Waals surface area (Å²) >= 11 is 0. The van der Waals surface area contributed by atoms with Crippen molar-refractivity contribution in [3.63, 3.8) is 0 Å². The number of hydrogen-bond acceptors (Lipinski definition) is 5. The molecule has 0 saturated heterocycles. The summed E-state index contributed by atoms with van der Waals surface area (Å²) in [5, 5.41) is 14.6. The summed E-state index contributed by atoms with van der Waals surface area (Å²) in [6.45, 7) is 0. The van der Waals surface area contributed by atoms with E-state index < -0.39 is 6.04 Å². The number of hydrogen-bond donors (Lipinski definition) is 3. The number of rotatable bonds is 3. The molecule has 6 heteroatoms. The molecule has 0 saturated carbocycles. The van der Waals surface area contributed by atoms with E-state index in [4.69, 9.17) is 9.47 Å². The number of aromatic hydroxyl groups is 1. The highest BCUT2D eigenvalue weighted by Gasteiger charge is 2.34. The molecule has 4 rings (SSSR count). The summed E-state index contributed by atoms with van der Waals surface area (Å²) in [4.78, 5) is 15.7. The molecule has 26 heavy (non-hydrogen) atoms. The lowest BCUT2D eigenvalue weighted by molar-refractivity contribution is -0.143. The fourth-order valence-corrected chi connectivity index (χ4v) is 3.68. The molecule has 0 radical (unpaired) electrons. The van der Waals surface area contributed by atoms with E-state index in [2.05, 4.69) is 10.3 Å². The van der Waals surface area contributed by atoms with E-state index >= 15 is 0 Å². The largest absolute Gasteiger partial charge is 0.504 e. The molecule has 134 valence electrons. The Hall–Kier alpha value is -2.99. The SMILES string of the molecule is COC(=O)[C@H]1Cc2c([nH]c3ccccc23)[C@H](c2ccc(OC)c(O)c2)N1. The van der Waals surface area contributed by atoms with Crippen LogP contribution in [0.2, 0.25) is 0 Å². The highest BCUT2D eigenvalue weighted by molar-refractivity contribution is 5.87. The van der Waals surface area contributed by atoms with Crippen LogP contribution in [0.25, 0.3) is 10.9 Å². The van der Waals surface area contributed by atoms with E-state index in [9.17, 15) is 9.90 Å². The Morgan fingerprint density at radius 3 is 2.73 bits per heavy atom. The first-order chi connectivity index (χ1) is 12.6. The lowest BCUT2D eigenvalue weighted by Gasteiger charge is -2.30. The highest BCUT2D eigenvalue weighted by atomic mass is 16.5. The van der Waals surface area contributed by atoms with E-state index in [-0.39, 0.29) is 17.8 Å². The number of methoxy groups -OCH3 is 2. The van der Waals surface area contributed by atoms with Crippen LogP contribution in [0.1, 0.15) is 22.9 Å². The Labute approximate surface area is 150 Å². The van der Waals surface area contributed by atoms with Crippen LogP contribution in [-0.4, -0.2) is 36.3 Å². The maximum absolute atomic E-state index is 12.2. The van der Waals surface area contributed by atoms with Gasteiger partial charge in [-0.15, -0.1) is 0 Å². The Balaban J connectivity index is 1.86. The van der Waals surface area contributed by atoms with Gasteiger partial charge in [0, 0.05) is 23.0 Å². The van der Waals surface area contributed by atoms with Gasteiger partial charge in [0.25, 0.3) is 0 Å². The minimum Gasteiger partial charge on any atom is -0.504 e. The van der Waals surface area contributed by atoms with Crippen LogP contribution < -0.4 is 10.1 Å². The third-order valence-corrected chi connectivity index (χ3v) is 4.93. The molecular weight excluding hydrogens is 332 g/mol. The van der Waals surface area contributed by atoms with E-state index in [0.29, 0.717) is 12.2 Å². The second-order valence-corrected chi connectivity index (χ2v) is 6.37. The average molecular weight is 352 g/mol. The monoisotopic (exact) mass is 352 g/mol. The number of H-pyrrole nitrogens is 1. The van der Waals surface area contributed by atoms with Gasteiger partial charge in [0.1, 0.15) is 6.04 Å². The zero-order valence-electron chi connectivity index (χ0n) is 14.6. The Morgan fingerprint density at radius 1 is 1.19 bits per heavy atom. The Morgan fingerprint density at radius 2 is 2.00 bits per heavy atom. The zero-order chi connectivity index (χ0) is 18.3. The summed E-state index contributed by atoms with van der Waals surface area (Å²) < 4.78 is 10.1. The standard InChI is InChI=1S/C20H20N2O4/c1-25-17-8-7-11(9-16(17)23)18-19-13(10-15(22-18)20(24)26-2)12-5-3-4-6-14(12)21-19/h3-9,15,18,21-23H,10H2,1-2H3/t15-,18+/m1/s1. The molecule has 0 amide bonds. The number of para-hydroxylation sites is 1. The number of ether oxygens (including phenoxy) is 2. The number of carbonyl (C=O) groups excluding carboxylic acids is 1. The fourth-order valence-electron chi connectivity index (χ4n) is 3.68. The first-order valence-electron chi connectivity index (χ1n) is 8.42. The molecule has 0 spiro atoms. The van der Waals surface area contributed by atoms with Gasteiger partial charge in [0.05, 0.1) is 20.3 Å². The Kier molecular flexibility index (Phi) is 4.05. The van der Waals surface area contributed by atoms with Gasteiger partial charge in [-0.2, -0.15) is 0 Å². The lowest BCUT2D eigenvalue weighted by Crippen LogP contribution is -2.45. The van der Waals surface area contributed by atoms with E-state index in [1.807, 2.05) is 30.3 Å². The predicted molar refractivity (Wildman–Crippen MR) is 97.4 cm³/mol. The van der Waals surface area contributed by atoms with Gasteiger partial charge in [0.2, 0.25) is 0 Å². The van der Waals surface area contributed by atoms with Crippen molar-refractivity contribution in [2.24, 2.45) is 0 Å². The predicted octanol–water partition coefficient (Wildman–Crippen LogP) is 2.66. The van der Waals surface area contributed by atoms with E-state index in [1.165, 1.54) is 14.2 Å². The maximum atomic E-state index is 12.2. The smallest absolute Gasteiger partial charge is 0.323 e. The molecule has 0 bridgehead atoms. The van der Waals surface area contributed by atoms with Crippen molar-refractivity contribution in [2.75, 3.05) is 14.2 Å². The van der Waals surface area contributed by atoms with Crippen LogP contribution in [0.15, 0.2) is 42.5 Å². The van der Waals surface area contributed by atoms with Crippen molar-refractivity contribution in [2.45, 2.75) is 18.5 Å². The van der Waals surface area contributed by atoms with E-state index in [1.54, 1.807) is 12.1 Å². The molecule has 0 fully saturated rings. The zero-order valence-corrected chi connectivity index (χ0v) is 14.6. The Bertz CT molecular complexity index is 979. The van der Waals surface area contributed by atoms with Crippen molar-refractivity contribution >= 4 is 16.9 Å². The third-order valence-electron chi connectivity index (χ3n) is 4.93. The maximum Gasteiger partial charge on any atom is 0.323 e. The normalized spacial score (nSPS) is 19.2. The number of aromatic nitrogens is 1. The van der Waals surface area contributed by atoms with E-state index in [0.717, 1.165) is 27.7 Å². The lowest BCUT2D eigenvalue weighted by atomic mass is 9.90. The van der Waals surface area contributed by atoms with Gasteiger partial charge in [-0.25, -0.2) is 0 Å². The van der Waals surface area contributed by atoms with Gasteiger partial charge in [0.15, 0.2) is 11.5 Å². The van der Waals surface area contributed by atoms with Crippen LogP contribution in [-0.2, 0) is 16.0 Å². The molecule has 0 aliphatic carbocycles. The number of phenols is 1. The topological polar surface area (TPSA) is 83.6 Å². The average Bonchev–Trinajstić information content (AvgIpc) is 3.05. The van der Waals surface area contributed by atoms with Gasteiger partial charge >= 0.3 is 5.97 Å². The summed E-state index contributed by atoms with van der Waals surface area (Å²) in [6.07, 6.45) is 0.546. The molecule has 3 aromatic rings. The third kappa shape index (κ3) is 2.59. The van der Waals surface area contributed by atoms with Gasteiger partial charge in [-0.05, 0) is 29.3 Å². The molecule has 1 aliphatic heterocycles. The minimum absolute atomic E-state index is 0.0599. The number of esters is 1. The molecule has 2 aromatic carbocycles. The van der Waals surface area contributed by atoms with Crippen LogP contribution in [0.4, 0.5) is 0 Å². The second-order valence-electron chi connectivity index (χ2n) is 6.37. The summed E-state index contributed by atoms with van der Waals surface area (Å²) in [7, 11) is 2.90. The molecule has 2 heterocycles. The van der Waals surface area contributed by atoms with Crippen molar-refractivity contribution in [3.05, 3.63) is 59.3 Å².